The quantitative estimate of drug-likeness (QED) is 0.490. The predicted octanol–water partition coefficient (Wildman–Crippen LogP) is 2.23. The van der Waals surface area contributed by atoms with Crippen LogP contribution in [0, 0.1) is 13.8 Å². The number of nitrogens with zero attached hydrogens (tertiary/aromatic N) is 3. The standard InChI is InChI=1S/C21H31N5OS/c1-4-22-21(24-12-20-25-15(2)16(3)28-20)23-11-19(27)14-26-10-9-17-7-5-6-8-18(17)13-26/h5-8,19,27H,4,9-14H2,1-3H3,(H2,22,23,24). The lowest BCUT2D eigenvalue weighted by Crippen LogP contribution is -2.45. The van der Waals surface area contributed by atoms with Gasteiger partial charge in [0.15, 0.2) is 5.96 Å². The monoisotopic (exact) mass is 401 g/mol. The highest BCUT2D eigenvalue weighted by Crippen LogP contribution is 2.18. The largest absolute Gasteiger partial charge is 0.390 e. The lowest BCUT2D eigenvalue weighted by molar-refractivity contribution is 0.108. The number of thiazole rings is 1. The van der Waals surface area contributed by atoms with Crippen molar-refractivity contribution in [1.29, 1.82) is 0 Å². The molecule has 1 aliphatic heterocycles. The topological polar surface area (TPSA) is 72.8 Å². The van der Waals surface area contributed by atoms with E-state index < -0.39 is 6.10 Å². The Hall–Kier alpha value is -1.96. The Morgan fingerprint density at radius 2 is 2.07 bits per heavy atom. The fourth-order valence-corrected chi connectivity index (χ4v) is 4.24. The molecular formula is C21H31N5OS. The number of aliphatic hydroxyl groups excluding tert-OH is 1. The minimum atomic E-state index is -0.446. The van der Waals surface area contributed by atoms with Gasteiger partial charge in [-0.3, -0.25) is 4.90 Å². The molecule has 1 unspecified atom stereocenters. The van der Waals surface area contributed by atoms with Crippen LogP contribution in [0.3, 0.4) is 0 Å². The number of aromatic nitrogens is 1. The van der Waals surface area contributed by atoms with E-state index in [0.29, 0.717) is 19.6 Å². The summed E-state index contributed by atoms with van der Waals surface area (Å²) in [7, 11) is 0. The van der Waals surface area contributed by atoms with Gasteiger partial charge in [0.2, 0.25) is 0 Å². The highest BCUT2D eigenvalue weighted by atomic mass is 32.1. The van der Waals surface area contributed by atoms with Gasteiger partial charge in [0.25, 0.3) is 0 Å². The Morgan fingerprint density at radius 1 is 1.29 bits per heavy atom. The molecule has 0 aliphatic carbocycles. The van der Waals surface area contributed by atoms with E-state index >= 15 is 0 Å². The second-order valence-corrected chi connectivity index (χ2v) is 8.52. The zero-order chi connectivity index (χ0) is 19.9. The molecule has 1 atom stereocenters. The number of rotatable bonds is 7. The number of fused-ring (bicyclic) bond motifs is 1. The average Bonchev–Trinajstić information content (AvgIpc) is 3.01. The molecule has 3 N–H and O–H groups in total. The van der Waals surface area contributed by atoms with Crippen LogP contribution < -0.4 is 10.6 Å². The fraction of sp³-hybridized carbons (Fsp3) is 0.524. The van der Waals surface area contributed by atoms with E-state index in [0.717, 1.165) is 42.7 Å². The van der Waals surface area contributed by atoms with Gasteiger partial charge >= 0.3 is 0 Å². The summed E-state index contributed by atoms with van der Waals surface area (Å²) < 4.78 is 0. The first-order valence-corrected chi connectivity index (χ1v) is 10.8. The van der Waals surface area contributed by atoms with Crippen LogP contribution in [-0.2, 0) is 19.5 Å². The number of hydrogen-bond acceptors (Lipinski definition) is 5. The van der Waals surface area contributed by atoms with Crippen molar-refractivity contribution in [3.8, 4) is 0 Å². The molecule has 0 fully saturated rings. The van der Waals surface area contributed by atoms with Gasteiger partial charge in [-0.25, -0.2) is 9.98 Å². The van der Waals surface area contributed by atoms with Crippen molar-refractivity contribution in [1.82, 2.24) is 20.5 Å². The lowest BCUT2D eigenvalue weighted by atomic mass is 10.00. The number of nitrogens with one attached hydrogen (secondary N) is 2. The molecule has 1 aliphatic rings. The Labute approximate surface area is 171 Å². The van der Waals surface area contributed by atoms with Crippen molar-refractivity contribution < 1.29 is 5.11 Å². The van der Waals surface area contributed by atoms with Crippen LogP contribution in [0.15, 0.2) is 29.3 Å². The highest BCUT2D eigenvalue weighted by Gasteiger charge is 2.18. The maximum Gasteiger partial charge on any atom is 0.191 e. The molecule has 6 nitrogen and oxygen atoms in total. The fourth-order valence-electron chi connectivity index (χ4n) is 3.38. The van der Waals surface area contributed by atoms with E-state index in [1.54, 1.807) is 11.3 Å². The average molecular weight is 402 g/mol. The van der Waals surface area contributed by atoms with Crippen LogP contribution in [0.4, 0.5) is 0 Å². The Kier molecular flexibility index (Phi) is 7.42. The normalized spacial score (nSPS) is 15.9. The summed E-state index contributed by atoms with van der Waals surface area (Å²) in [5.41, 5.74) is 3.88. The number of aliphatic imine (C=N–C) groups is 1. The predicted molar refractivity (Wildman–Crippen MR) is 116 cm³/mol. The van der Waals surface area contributed by atoms with Gasteiger partial charge in [0, 0.05) is 37.6 Å². The van der Waals surface area contributed by atoms with Gasteiger partial charge < -0.3 is 15.7 Å². The Balaban J connectivity index is 1.48. The van der Waals surface area contributed by atoms with Crippen LogP contribution in [0.2, 0.25) is 0 Å². The van der Waals surface area contributed by atoms with E-state index in [1.165, 1.54) is 16.0 Å². The summed E-state index contributed by atoms with van der Waals surface area (Å²) in [6.07, 6.45) is 0.603. The Bertz CT molecular complexity index is 784. The van der Waals surface area contributed by atoms with Gasteiger partial charge in [-0.1, -0.05) is 24.3 Å². The van der Waals surface area contributed by atoms with E-state index in [1.807, 2.05) is 13.8 Å². The van der Waals surface area contributed by atoms with Crippen molar-refractivity contribution >= 4 is 17.3 Å². The van der Waals surface area contributed by atoms with Crippen molar-refractivity contribution in [2.75, 3.05) is 26.2 Å². The van der Waals surface area contributed by atoms with Gasteiger partial charge in [-0.05, 0) is 38.3 Å². The van der Waals surface area contributed by atoms with Crippen molar-refractivity contribution in [3.63, 3.8) is 0 Å². The lowest BCUT2D eigenvalue weighted by Gasteiger charge is -2.30. The number of benzene rings is 1. The van der Waals surface area contributed by atoms with E-state index in [-0.39, 0.29) is 0 Å². The molecule has 2 aromatic rings. The molecule has 0 spiro atoms. The maximum atomic E-state index is 10.5. The molecule has 1 aromatic heterocycles. The summed E-state index contributed by atoms with van der Waals surface area (Å²) >= 11 is 1.69. The molecule has 0 amide bonds. The molecule has 1 aromatic carbocycles. The van der Waals surface area contributed by atoms with Crippen LogP contribution >= 0.6 is 11.3 Å². The second kappa shape index (κ2) is 10.0. The van der Waals surface area contributed by atoms with E-state index in [2.05, 4.69) is 56.7 Å². The van der Waals surface area contributed by atoms with Crippen LogP contribution in [-0.4, -0.2) is 53.2 Å². The third-order valence-corrected chi connectivity index (χ3v) is 6.03. The van der Waals surface area contributed by atoms with Gasteiger partial charge in [-0.15, -0.1) is 11.3 Å². The van der Waals surface area contributed by atoms with Crippen molar-refractivity contribution in [3.05, 3.63) is 51.0 Å². The molecule has 0 saturated heterocycles. The zero-order valence-corrected chi connectivity index (χ0v) is 17.9. The van der Waals surface area contributed by atoms with Gasteiger partial charge in [0.05, 0.1) is 18.3 Å². The molecule has 7 heteroatoms. The molecule has 3 rings (SSSR count). The Morgan fingerprint density at radius 3 is 2.79 bits per heavy atom. The van der Waals surface area contributed by atoms with Crippen molar-refractivity contribution in [2.24, 2.45) is 4.99 Å². The summed E-state index contributed by atoms with van der Waals surface area (Å²) in [6, 6.07) is 8.58. The minimum Gasteiger partial charge on any atom is -0.390 e. The number of guanidine groups is 1. The highest BCUT2D eigenvalue weighted by molar-refractivity contribution is 7.11. The SMILES string of the molecule is CCNC(=NCc1nc(C)c(C)s1)NCC(O)CN1CCc2ccccc2C1. The molecule has 28 heavy (non-hydrogen) atoms. The summed E-state index contributed by atoms with van der Waals surface area (Å²) in [4.78, 5) is 12.7. The molecular weight excluding hydrogens is 370 g/mol. The number of β-amino-alcohol motifs (C(OH)–C–C–N with tert-alkyl or cyclic N) is 1. The van der Waals surface area contributed by atoms with E-state index in [9.17, 15) is 5.11 Å². The number of hydrogen-bond donors (Lipinski definition) is 3. The first kappa shape index (κ1) is 20.8. The zero-order valence-electron chi connectivity index (χ0n) is 17.0. The molecule has 2 heterocycles. The van der Waals surface area contributed by atoms with Crippen molar-refractivity contribution in [2.45, 2.75) is 46.4 Å². The molecule has 152 valence electrons. The summed E-state index contributed by atoms with van der Waals surface area (Å²) in [6.45, 7) is 10.5. The number of aryl methyl sites for hydroxylation is 2. The first-order chi connectivity index (χ1) is 13.5. The molecule has 0 saturated carbocycles. The third kappa shape index (κ3) is 5.77. The third-order valence-electron chi connectivity index (χ3n) is 4.97. The number of aliphatic hydroxyl groups is 1. The van der Waals surface area contributed by atoms with Crippen LogP contribution in [0.5, 0.6) is 0 Å². The summed E-state index contributed by atoms with van der Waals surface area (Å²) in [5, 5.41) is 18.0. The molecule has 0 radical (unpaired) electrons. The summed E-state index contributed by atoms with van der Waals surface area (Å²) in [5.74, 6) is 0.719. The van der Waals surface area contributed by atoms with Gasteiger partial charge in [-0.2, -0.15) is 0 Å². The molecule has 0 bridgehead atoms. The smallest absolute Gasteiger partial charge is 0.191 e. The van der Waals surface area contributed by atoms with Crippen LogP contribution in [0.1, 0.15) is 33.6 Å². The second-order valence-electron chi connectivity index (χ2n) is 7.23. The van der Waals surface area contributed by atoms with Gasteiger partial charge in [0.1, 0.15) is 5.01 Å². The van der Waals surface area contributed by atoms with Crippen LogP contribution in [0.25, 0.3) is 0 Å². The van der Waals surface area contributed by atoms with E-state index in [4.69, 9.17) is 0 Å². The maximum absolute atomic E-state index is 10.5. The first-order valence-electron chi connectivity index (χ1n) is 9.97. The minimum absolute atomic E-state index is 0.446.